The lowest BCUT2D eigenvalue weighted by Crippen LogP contribution is -2.63. The van der Waals surface area contributed by atoms with Crippen LogP contribution < -0.4 is 9.64 Å². The molecule has 0 aromatic heterocycles. The largest absolute Gasteiger partial charge is 0.457 e. The van der Waals surface area contributed by atoms with Crippen molar-refractivity contribution in [3.63, 3.8) is 0 Å². The molecule has 1 aliphatic rings. The highest BCUT2D eigenvalue weighted by molar-refractivity contribution is 7.89. The maximum Gasteiger partial charge on any atom is 0.243 e. The van der Waals surface area contributed by atoms with E-state index >= 15 is 0 Å². The molecule has 0 bridgehead atoms. The number of rotatable bonds is 8. The van der Waals surface area contributed by atoms with E-state index in [0.29, 0.717) is 19.6 Å². The van der Waals surface area contributed by atoms with Crippen LogP contribution in [0.3, 0.4) is 0 Å². The van der Waals surface area contributed by atoms with Crippen LogP contribution in [0, 0.1) is 0 Å². The molecule has 1 saturated heterocycles. The average molecular weight is 529 g/mol. The average Bonchev–Trinajstić information content (AvgIpc) is 2.94. The standard InChI is InChI=1S/C31H32N2O4S/c1-31(23-30(34)25-11-5-2-6-12-25)24-32(21-22-33(31)38(35,36)29-15-9-4-10-16-29)26-17-19-28(20-18-26)37-27-13-7-3-8-14-27/h2-20,30,34H,21-24H2,1H3/t30?,31-/m1/s1. The second-order valence-electron chi connectivity index (χ2n) is 9.85. The van der Waals surface area contributed by atoms with Gasteiger partial charge in [-0.15, -0.1) is 0 Å². The first-order chi connectivity index (χ1) is 18.3. The Morgan fingerprint density at radius 1 is 0.789 bits per heavy atom. The van der Waals surface area contributed by atoms with Gasteiger partial charge in [0.15, 0.2) is 0 Å². The first kappa shape index (κ1) is 26.0. The molecule has 1 aliphatic heterocycles. The van der Waals surface area contributed by atoms with Gasteiger partial charge in [0.2, 0.25) is 10.0 Å². The monoisotopic (exact) mass is 528 g/mol. The van der Waals surface area contributed by atoms with Crippen LogP contribution in [0.2, 0.25) is 0 Å². The molecule has 1 unspecified atom stereocenters. The Kier molecular flexibility index (Phi) is 7.51. The zero-order valence-corrected chi connectivity index (χ0v) is 22.2. The summed E-state index contributed by atoms with van der Waals surface area (Å²) in [6.07, 6.45) is -0.550. The molecule has 4 aromatic rings. The van der Waals surface area contributed by atoms with Crippen molar-refractivity contribution in [1.29, 1.82) is 0 Å². The van der Waals surface area contributed by atoms with Crippen molar-refractivity contribution < 1.29 is 18.3 Å². The van der Waals surface area contributed by atoms with Crippen LogP contribution in [0.1, 0.15) is 25.0 Å². The number of ether oxygens (including phenoxy) is 1. The molecule has 5 rings (SSSR count). The summed E-state index contributed by atoms with van der Waals surface area (Å²) in [5.41, 5.74) is 0.884. The third-order valence-corrected chi connectivity index (χ3v) is 9.11. The van der Waals surface area contributed by atoms with Crippen LogP contribution in [0.25, 0.3) is 0 Å². The number of hydrogen-bond acceptors (Lipinski definition) is 5. The topological polar surface area (TPSA) is 70.1 Å². The van der Waals surface area contributed by atoms with Crippen LogP contribution in [-0.4, -0.2) is 43.0 Å². The molecule has 1 heterocycles. The predicted octanol–water partition coefficient (Wildman–Crippen LogP) is 5.87. The smallest absolute Gasteiger partial charge is 0.243 e. The number of sulfonamides is 1. The molecule has 38 heavy (non-hydrogen) atoms. The second-order valence-corrected chi connectivity index (χ2v) is 11.7. The summed E-state index contributed by atoms with van der Waals surface area (Å²) in [6.45, 7) is 3.19. The quantitative estimate of drug-likeness (QED) is 0.310. The first-order valence-electron chi connectivity index (χ1n) is 12.7. The molecule has 0 spiro atoms. The highest BCUT2D eigenvalue weighted by Crippen LogP contribution is 2.37. The zero-order valence-electron chi connectivity index (χ0n) is 21.4. The zero-order chi connectivity index (χ0) is 26.6. The Balaban J connectivity index is 1.42. The lowest BCUT2D eigenvalue weighted by atomic mass is 9.88. The molecule has 6 nitrogen and oxygen atoms in total. The van der Waals surface area contributed by atoms with Gasteiger partial charge in [0.1, 0.15) is 11.5 Å². The van der Waals surface area contributed by atoms with E-state index < -0.39 is 21.7 Å². The van der Waals surface area contributed by atoms with E-state index in [2.05, 4.69) is 4.90 Å². The van der Waals surface area contributed by atoms with Crippen molar-refractivity contribution in [2.45, 2.75) is 29.9 Å². The minimum atomic E-state index is -3.77. The minimum absolute atomic E-state index is 0.259. The number of aliphatic hydroxyl groups is 1. The van der Waals surface area contributed by atoms with Crippen molar-refractivity contribution in [2.24, 2.45) is 0 Å². The molecule has 0 radical (unpaired) electrons. The Hall–Kier alpha value is -3.65. The Morgan fingerprint density at radius 2 is 1.34 bits per heavy atom. The minimum Gasteiger partial charge on any atom is -0.457 e. The summed E-state index contributed by atoms with van der Waals surface area (Å²) in [5.74, 6) is 1.50. The molecule has 0 aliphatic carbocycles. The van der Waals surface area contributed by atoms with Gasteiger partial charge in [-0.3, -0.25) is 0 Å². The van der Waals surface area contributed by atoms with E-state index in [0.717, 1.165) is 22.7 Å². The highest BCUT2D eigenvalue weighted by atomic mass is 32.2. The van der Waals surface area contributed by atoms with Crippen molar-refractivity contribution in [3.05, 3.63) is 121 Å². The molecule has 0 amide bonds. The number of anilines is 1. The van der Waals surface area contributed by atoms with Crippen LogP contribution in [0.5, 0.6) is 11.5 Å². The van der Waals surface area contributed by atoms with Crippen LogP contribution in [-0.2, 0) is 10.0 Å². The van der Waals surface area contributed by atoms with Gasteiger partial charge in [0.25, 0.3) is 0 Å². The van der Waals surface area contributed by atoms with Crippen molar-refractivity contribution in [1.82, 2.24) is 4.31 Å². The van der Waals surface area contributed by atoms with Gasteiger partial charge in [0, 0.05) is 25.3 Å². The molecule has 1 fully saturated rings. The fraction of sp³-hybridized carbons (Fsp3) is 0.226. The molecule has 196 valence electrons. The van der Waals surface area contributed by atoms with Crippen molar-refractivity contribution >= 4 is 15.7 Å². The Labute approximate surface area is 224 Å². The van der Waals surface area contributed by atoms with E-state index in [-0.39, 0.29) is 11.3 Å². The summed E-state index contributed by atoms with van der Waals surface area (Å²) in [7, 11) is -3.77. The van der Waals surface area contributed by atoms with Gasteiger partial charge in [-0.2, -0.15) is 4.31 Å². The number of hydrogen-bond donors (Lipinski definition) is 1. The molecule has 2 atom stereocenters. The molecular weight excluding hydrogens is 496 g/mol. The van der Waals surface area contributed by atoms with Crippen LogP contribution in [0.4, 0.5) is 5.69 Å². The molecule has 7 heteroatoms. The van der Waals surface area contributed by atoms with Gasteiger partial charge < -0.3 is 14.7 Å². The lowest BCUT2D eigenvalue weighted by Gasteiger charge is -2.49. The van der Waals surface area contributed by atoms with Gasteiger partial charge >= 0.3 is 0 Å². The van der Waals surface area contributed by atoms with Crippen molar-refractivity contribution in [3.8, 4) is 11.5 Å². The number of para-hydroxylation sites is 1. The Bertz CT molecular complexity index is 1430. The summed E-state index contributed by atoms with van der Waals surface area (Å²) >= 11 is 0. The molecule has 0 saturated carbocycles. The van der Waals surface area contributed by atoms with Gasteiger partial charge in [0.05, 0.1) is 16.5 Å². The van der Waals surface area contributed by atoms with Gasteiger partial charge in [-0.05, 0) is 67.4 Å². The van der Waals surface area contributed by atoms with Gasteiger partial charge in [-0.25, -0.2) is 8.42 Å². The first-order valence-corrected chi connectivity index (χ1v) is 14.2. The Morgan fingerprint density at radius 3 is 1.97 bits per heavy atom. The number of benzene rings is 4. The SMILES string of the molecule is C[C@@]1(CC(O)c2ccccc2)CN(c2ccc(Oc3ccccc3)cc2)CCN1S(=O)(=O)c1ccccc1. The third kappa shape index (κ3) is 5.60. The van der Waals surface area contributed by atoms with Crippen LogP contribution in [0.15, 0.2) is 120 Å². The molecule has 4 aromatic carbocycles. The van der Waals surface area contributed by atoms with E-state index in [4.69, 9.17) is 4.74 Å². The van der Waals surface area contributed by atoms with E-state index in [9.17, 15) is 13.5 Å². The summed E-state index contributed by atoms with van der Waals surface area (Å²) < 4.78 is 35.1. The summed E-state index contributed by atoms with van der Waals surface area (Å²) in [4.78, 5) is 2.44. The normalized spacial score (nSPS) is 19.2. The van der Waals surface area contributed by atoms with Crippen LogP contribution >= 0.6 is 0 Å². The number of nitrogens with zero attached hydrogens (tertiary/aromatic N) is 2. The van der Waals surface area contributed by atoms with E-state index in [1.54, 1.807) is 34.6 Å². The second kappa shape index (κ2) is 11.0. The summed E-state index contributed by atoms with van der Waals surface area (Å²) in [5, 5.41) is 11.2. The molecule has 1 N–H and O–H groups in total. The maximum atomic E-state index is 13.8. The highest BCUT2D eigenvalue weighted by Gasteiger charge is 2.46. The van der Waals surface area contributed by atoms with Gasteiger partial charge in [-0.1, -0.05) is 66.7 Å². The third-order valence-electron chi connectivity index (χ3n) is 7.04. The fourth-order valence-electron chi connectivity index (χ4n) is 5.13. The summed E-state index contributed by atoms with van der Waals surface area (Å²) in [6, 6.07) is 35.4. The lowest BCUT2D eigenvalue weighted by molar-refractivity contribution is 0.0806. The predicted molar refractivity (Wildman–Crippen MR) is 150 cm³/mol. The van der Waals surface area contributed by atoms with E-state index in [1.807, 2.05) is 91.9 Å². The maximum absolute atomic E-state index is 13.8. The number of aliphatic hydroxyl groups excluding tert-OH is 1. The molecular formula is C31H32N2O4S. The van der Waals surface area contributed by atoms with E-state index in [1.165, 1.54) is 0 Å². The van der Waals surface area contributed by atoms with Crippen molar-refractivity contribution in [2.75, 3.05) is 24.5 Å². The number of piperazine rings is 1. The fourth-order valence-corrected chi connectivity index (χ4v) is 6.92.